The number of ether oxygens (including phenoxy) is 1. The smallest absolute Gasteiger partial charge is 0.225 e. The average molecular weight is 373 g/mol. The van der Waals surface area contributed by atoms with E-state index < -0.39 is 0 Å². The van der Waals surface area contributed by atoms with Crippen molar-refractivity contribution in [1.29, 1.82) is 0 Å². The largest absolute Gasteiger partial charge is 0.496 e. The third kappa shape index (κ3) is 4.35. The molecule has 0 saturated carbocycles. The van der Waals surface area contributed by atoms with Crippen LogP contribution in [0.25, 0.3) is 0 Å². The Balaban J connectivity index is 1.56. The van der Waals surface area contributed by atoms with Gasteiger partial charge in [0.05, 0.1) is 13.0 Å². The van der Waals surface area contributed by atoms with Gasteiger partial charge in [-0.1, -0.05) is 41.9 Å². The molecule has 0 radical (unpaired) electrons. The van der Waals surface area contributed by atoms with Crippen LogP contribution in [-0.2, 0) is 22.7 Å². The van der Waals surface area contributed by atoms with E-state index in [1.54, 1.807) is 24.1 Å². The van der Waals surface area contributed by atoms with Gasteiger partial charge in [0.25, 0.3) is 0 Å². The first-order valence-electron chi connectivity index (χ1n) is 8.48. The predicted octanol–water partition coefficient (Wildman–Crippen LogP) is 3.01. The molecular weight excluding hydrogens is 352 g/mol. The highest BCUT2D eigenvalue weighted by Crippen LogP contribution is 2.24. The molecule has 1 N–H and O–H groups in total. The van der Waals surface area contributed by atoms with Gasteiger partial charge in [-0.3, -0.25) is 9.59 Å². The van der Waals surface area contributed by atoms with Crippen molar-refractivity contribution in [3.8, 4) is 5.75 Å². The fourth-order valence-corrected chi connectivity index (χ4v) is 3.20. The van der Waals surface area contributed by atoms with Gasteiger partial charge >= 0.3 is 0 Å². The minimum absolute atomic E-state index is 0.0115. The first kappa shape index (κ1) is 18.3. The van der Waals surface area contributed by atoms with Crippen LogP contribution in [0, 0.1) is 5.92 Å². The van der Waals surface area contributed by atoms with Gasteiger partial charge in [-0.05, 0) is 23.8 Å². The van der Waals surface area contributed by atoms with Gasteiger partial charge < -0.3 is 15.0 Å². The molecule has 2 aromatic rings. The number of hydrogen-bond acceptors (Lipinski definition) is 3. The predicted molar refractivity (Wildman–Crippen MR) is 99.8 cm³/mol. The SMILES string of the molecule is COc1ccccc1CN1CC(C(=O)NCc2ccc(Cl)cc2)CC1=O. The van der Waals surface area contributed by atoms with Crippen LogP contribution in [0.15, 0.2) is 48.5 Å². The molecule has 0 aromatic heterocycles. The normalized spacial score (nSPS) is 16.6. The third-order valence-electron chi connectivity index (χ3n) is 4.52. The van der Waals surface area contributed by atoms with Crippen molar-refractivity contribution >= 4 is 23.4 Å². The second-order valence-electron chi connectivity index (χ2n) is 6.33. The highest BCUT2D eigenvalue weighted by atomic mass is 35.5. The van der Waals surface area contributed by atoms with E-state index in [9.17, 15) is 9.59 Å². The third-order valence-corrected chi connectivity index (χ3v) is 4.77. The summed E-state index contributed by atoms with van der Waals surface area (Å²) >= 11 is 5.86. The van der Waals surface area contributed by atoms with E-state index in [1.807, 2.05) is 36.4 Å². The summed E-state index contributed by atoms with van der Waals surface area (Å²) in [5, 5.41) is 3.56. The van der Waals surface area contributed by atoms with E-state index in [4.69, 9.17) is 16.3 Å². The Labute approximate surface area is 157 Å². The van der Waals surface area contributed by atoms with Crippen LogP contribution in [0.3, 0.4) is 0 Å². The molecule has 0 aliphatic carbocycles. The Hall–Kier alpha value is -2.53. The van der Waals surface area contributed by atoms with Crippen LogP contribution < -0.4 is 10.1 Å². The van der Waals surface area contributed by atoms with Crippen molar-refractivity contribution in [2.24, 2.45) is 5.92 Å². The zero-order valence-electron chi connectivity index (χ0n) is 14.6. The number of nitrogens with zero attached hydrogens (tertiary/aromatic N) is 1. The van der Waals surface area contributed by atoms with E-state index >= 15 is 0 Å². The first-order valence-corrected chi connectivity index (χ1v) is 8.86. The zero-order chi connectivity index (χ0) is 18.5. The molecule has 6 heteroatoms. The second-order valence-corrected chi connectivity index (χ2v) is 6.77. The zero-order valence-corrected chi connectivity index (χ0v) is 15.3. The molecule has 3 rings (SSSR count). The lowest BCUT2D eigenvalue weighted by atomic mass is 10.1. The van der Waals surface area contributed by atoms with Gasteiger partial charge in [0, 0.05) is 36.6 Å². The number of hydrogen-bond donors (Lipinski definition) is 1. The summed E-state index contributed by atoms with van der Waals surface area (Å²) in [6, 6.07) is 14.9. The number of amides is 2. The van der Waals surface area contributed by atoms with E-state index in [0.29, 0.717) is 24.7 Å². The van der Waals surface area contributed by atoms with Crippen LogP contribution in [0.1, 0.15) is 17.5 Å². The number of carbonyl (C=O) groups excluding carboxylic acids is 2. The van der Waals surface area contributed by atoms with Crippen LogP contribution in [0.5, 0.6) is 5.75 Å². The topological polar surface area (TPSA) is 58.6 Å². The summed E-state index contributed by atoms with van der Waals surface area (Å²) in [6.07, 6.45) is 0.238. The Kier molecular flexibility index (Phi) is 5.78. The summed E-state index contributed by atoms with van der Waals surface area (Å²) < 4.78 is 5.33. The fourth-order valence-electron chi connectivity index (χ4n) is 3.08. The Morgan fingerprint density at radius 3 is 2.69 bits per heavy atom. The summed E-state index contributed by atoms with van der Waals surface area (Å²) in [4.78, 5) is 26.4. The number of benzene rings is 2. The van der Waals surface area contributed by atoms with Crippen molar-refractivity contribution in [3.05, 3.63) is 64.7 Å². The Morgan fingerprint density at radius 2 is 1.96 bits per heavy atom. The number of rotatable bonds is 6. The molecule has 1 aliphatic rings. The highest BCUT2D eigenvalue weighted by molar-refractivity contribution is 6.30. The maximum absolute atomic E-state index is 12.4. The summed E-state index contributed by atoms with van der Waals surface area (Å²) in [5.74, 6) is 0.304. The molecule has 2 aromatic carbocycles. The Morgan fingerprint density at radius 1 is 1.23 bits per heavy atom. The number of nitrogens with one attached hydrogen (secondary N) is 1. The number of halogens is 1. The summed E-state index contributed by atoms with van der Waals surface area (Å²) in [5.41, 5.74) is 1.91. The average Bonchev–Trinajstić information content (AvgIpc) is 3.02. The minimum Gasteiger partial charge on any atom is -0.496 e. The van der Waals surface area contributed by atoms with Gasteiger partial charge in [0.15, 0.2) is 0 Å². The van der Waals surface area contributed by atoms with E-state index in [2.05, 4.69) is 5.32 Å². The monoisotopic (exact) mass is 372 g/mol. The maximum atomic E-state index is 12.4. The Bertz CT molecular complexity index is 792. The summed E-state index contributed by atoms with van der Waals surface area (Å²) in [6.45, 7) is 1.29. The molecule has 0 spiro atoms. The molecule has 1 unspecified atom stereocenters. The van der Waals surface area contributed by atoms with Gasteiger partial charge in [0.2, 0.25) is 11.8 Å². The molecule has 0 bridgehead atoms. The van der Waals surface area contributed by atoms with Crippen molar-refractivity contribution in [1.82, 2.24) is 10.2 Å². The van der Waals surface area contributed by atoms with Crippen molar-refractivity contribution in [3.63, 3.8) is 0 Å². The summed E-state index contributed by atoms with van der Waals surface area (Å²) in [7, 11) is 1.61. The fraction of sp³-hybridized carbons (Fsp3) is 0.300. The van der Waals surface area contributed by atoms with Gasteiger partial charge in [0.1, 0.15) is 5.75 Å². The van der Waals surface area contributed by atoms with Gasteiger partial charge in [-0.25, -0.2) is 0 Å². The van der Waals surface area contributed by atoms with E-state index in [1.165, 1.54) is 0 Å². The molecular formula is C20H21ClN2O3. The number of carbonyl (C=O) groups is 2. The standard InChI is InChI=1S/C20H21ClN2O3/c1-26-18-5-3-2-4-15(18)12-23-13-16(10-19(23)24)20(25)22-11-14-6-8-17(21)9-7-14/h2-9,16H,10-13H2,1H3,(H,22,25). The van der Waals surface area contributed by atoms with E-state index in [-0.39, 0.29) is 24.2 Å². The lowest BCUT2D eigenvalue weighted by Crippen LogP contribution is -2.32. The molecule has 1 saturated heterocycles. The molecule has 1 fully saturated rings. The van der Waals surface area contributed by atoms with Crippen LogP contribution in [0.2, 0.25) is 5.02 Å². The maximum Gasteiger partial charge on any atom is 0.225 e. The minimum atomic E-state index is -0.329. The van der Waals surface area contributed by atoms with Gasteiger partial charge in [-0.2, -0.15) is 0 Å². The van der Waals surface area contributed by atoms with Crippen molar-refractivity contribution in [2.45, 2.75) is 19.5 Å². The first-order chi connectivity index (χ1) is 12.6. The number of para-hydroxylation sites is 1. The van der Waals surface area contributed by atoms with Crippen LogP contribution in [-0.4, -0.2) is 30.4 Å². The van der Waals surface area contributed by atoms with Crippen LogP contribution >= 0.6 is 11.6 Å². The second kappa shape index (κ2) is 8.23. The molecule has 2 amide bonds. The lowest BCUT2D eigenvalue weighted by Gasteiger charge is -2.18. The molecule has 5 nitrogen and oxygen atoms in total. The van der Waals surface area contributed by atoms with Crippen LogP contribution in [0.4, 0.5) is 0 Å². The quantitative estimate of drug-likeness (QED) is 0.848. The molecule has 136 valence electrons. The van der Waals surface area contributed by atoms with Gasteiger partial charge in [-0.15, -0.1) is 0 Å². The van der Waals surface area contributed by atoms with Crippen molar-refractivity contribution in [2.75, 3.05) is 13.7 Å². The van der Waals surface area contributed by atoms with E-state index in [0.717, 1.165) is 16.9 Å². The molecule has 1 atom stereocenters. The number of methoxy groups -OCH3 is 1. The molecule has 26 heavy (non-hydrogen) atoms. The van der Waals surface area contributed by atoms with Crippen molar-refractivity contribution < 1.29 is 14.3 Å². The molecule has 1 aliphatic heterocycles. The highest BCUT2D eigenvalue weighted by Gasteiger charge is 2.34. The number of likely N-dealkylation sites (tertiary alicyclic amines) is 1. The lowest BCUT2D eigenvalue weighted by molar-refractivity contribution is -0.129. The molecule has 1 heterocycles.